The topological polar surface area (TPSA) is 55.0 Å². The molecule has 4 heteroatoms. The van der Waals surface area contributed by atoms with Gasteiger partial charge >= 0.3 is 0 Å². The summed E-state index contributed by atoms with van der Waals surface area (Å²) in [6.45, 7) is 4.54. The molecule has 2 aromatic carbocycles. The molecule has 0 bridgehead atoms. The Morgan fingerprint density at radius 1 is 1.08 bits per heavy atom. The fraction of sp³-hybridized carbons (Fsp3) is 0.333. The van der Waals surface area contributed by atoms with Crippen LogP contribution in [0.4, 0.5) is 0 Å². The minimum absolute atomic E-state index is 0.0542. The third kappa shape index (κ3) is 4.27. The first-order valence-corrected chi connectivity index (χ1v) is 8.91. The van der Waals surface area contributed by atoms with E-state index in [9.17, 15) is 4.79 Å². The first-order chi connectivity index (χ1) is 12.2. The molecule has 0 amide bonds. The van der Waals surface area contributed by atoms with E-state index < -0.39 is 0 Å². The highest BCUT2D eigenvalue weighted by atomic mass is 16.5. The van der Waals surface area contributed by atoms with Crippen molar-refractivity contribution in [3.63, 3.8) is 0 Å². The Balaban J connectivity index is 1.69. The molecule has 1 N–H and O–H groups in total. The van der Waals surface area contributed by atoms with Crippen LogP contribution in [0.25, 0.3) is 22.4 Å². The maximum Gasteiger partial charge on any atom is 0.159 e. The van der Waals surface area contributed by atoms with Gasteiger partial charge in [-0.2, -0.15) is 0 Å². The minimum atomic E-state index is 0.0542. The number of hydrogen-bond acceptors (Lipinski definition) is 3. The van der Waals surface area contributed by atoms with E-state index in [1.54, 1.807) is 6.92 Å². The summed E-state index contributed by atoms with van der Waals surface area (Å²) in [5.74, 6) is 1.74. The van der Waals surface area contributed by atoms with Crippen LogP contribution in [0.5, 0.6) is 5.75 Å². The summed E-state index contributed by atoms with van der Waals surface area (Å²) in [6, 6.07) is 13.5. The van der Waals surface area contributed by atoms with Gasteiger partial charge in [0.15, 0.2) is 5.78 Å². The molecule has 0 spiro atoms. The Bertz CT molecular complexity index is 850. The van der Waals surface area contributed by atoms with Gasteiger partial charge in [0.05, 0.1) is 17.6 Å². The van der Waals surface area contributed by atoms with Gasteiger partial charge in [-0.05, 0) is 55.8 Å². The highest BCUT2D eigenvalue weighted by Crippen LogP contribution is 2.23. The number of aromatic amines is 1. The van der Waals surface area contributed by atoms with Crippen molar-refractivity contribution in [2.24, 2.45) is 0 Å². The predicted octanol–water partition coefficient (Wildman–Crippen LogP) is 5.39. The van der Waals surface area contributed by atoms with Crippen molar-refractivity contribution in [1.82, 2.24) is 9.97 Å². The number of Topliss-reactive ketones (excluding diaryl/α,β-unsaturated/α-hetero) is 1. The Hall–Kier alpha value is -2.62. The summed E-state index contributed by atoms with van der Waals surface area (Å²) in [5.41, 5.74) is 3.42. The Labute approximate surface area is 148 Å². The van der Waals surface area contributed by atoms with Gasteiger partial charge in [0.2, 0.25) is 0 Å². The standard InChI is InChI=1S/C21H24N2O2/c1-3-4-5-6-13-25-18-10-7-16(8-11-18)21-22-19-12-9-17(15(2)24)14-20(19)23-21/h7-12,14H,3-6,13H2,1-2H3,(H,22,23). The summed E-state index contributed by atoms with van der Waals surface area (Å²) >= 11 is 0. The third-order valence-corrected chi connectivity index (χ3v) is 4.28. The van der Waals surface area contributed by atoms with Gasteiger partial charge in [0.25, 0.3) is 0 Å². The van der Waals surface area contributed by atoms with Crippen molar-refractivity contribution in [2.75, 3.05) is 6.61 Å². The van der Waals surface area contributed by atoms with Gasteiger partial charge < -0.3 is 9.72 Å². The number of nitrogens with one attached hydrogen (secondary N) is 1. The van der Waals surface area contributed by atoms with Crippen LogP contribution in [0, 0.1) is 0 Å². The number of fused-ring (bicyclic) bond motifs is 1. The lowest BCUT2D eigenvalue weighted by molar-refractivity contribution is 0.101. The van der Waals surface area contributed by atoms with Crippen LogP contribution < -0.4 is 4.74 Å². The number of aromatic nitrogens is 2. The number of ketones is 1. The van der Waals surface area contributed by atoms with E-state index in [-0.39, 0.29) is 5.78 Å². The van der Waals surface area contributed by atoms with Crippen molar-refractivity contribution in [2.45, 2.75) is 39.5 Å². The minimum Gasteiger partial charge on any atom is -0.494 e. The van der Waals surface area contributed by atoms with Gasteiger partial charge in [-0.15, -0.1) is 0 Å². The molecule has 130 valence electrons. The predicted molar refractivity (Wildman–Crippen MR) is 101 cm³/mol. The van der Waals surface area contributed by atoms with Gasteiger partial charge in [0.1, 0.15) is 11.6 Å². The maximum absolute atomic E-state index is 11.5. The van der Waals surface area contributed by atoms with Crippen LogP contribution in [0.1, 0.15) is 49.9 Å². The summed E-state index contributed by atoms with van der Waals surface area (Å²) in [7, 11) is 0. The Morgan fingerprint density at radius 2 is 1.88 bits per heavy atom. The average molecular weight is 336 g/mol. The van der Waals surface area contributed by atoms with Gasteiger partial charge in [-0.1, -0.05) is 26.2 Å². The smallest absolute Gasteiger partial charge is 0.159 e. The van der Waals surface area contributed by atoms with Gasteiger partial charge in [-0.25, -0.2) is 4.98 Å². The third-order valence-electron chi connectivity index (χ3n) is 4.28. The molecule has 0 atom stereocenters. The molecule has 0 saturated heterocycles. The molecular weight excluding hydrogens is 312 g/mol. The second-order valence-electron chi connectivity index (χ2n) is 6.31. The number of unbranched alkanes of at least 4 members (excludes halogenated alkanes) is 3. The van der Waals surface area contributed by atoms with E-state index in [1.165, 1.54) is 19.3 Å². The molecule has 0 unspecified atom stereocenters. The van der Waals surface area contributed by atoms with Crippen molar-refractivity contribution < 1.29 is 9.53 Å². The highest BCUT2D eigenvalue weighted by molar-refractivity contribution is 5.97. The largest absolute Gasteiger partial charge is 0.494 e. The number of carbonyl (C=O) groups is 1. The van der Waals surface area contributed by atoms with Crippen LogP contribution in [0.2, 0.25) is 0 Å². The Morgan fingerprint density at radius 3 is 2.60 bits per heavy atom. The SMILES string of the molecule is CCCCCCOc1ccc(-c2nc3ccc(C(C)=O)cc3[nH]2)cc1. The van der Waals surface area contributed by atoms with Crippen molar-refractivity contribution >= 4 is 16.8 Å². The number of hydrogen-bond donors (Lipinski definition) is 1. The van der Waals surface area contributed by atoms with Crippen LogP contribution in [-0.2, 0) is 0 Å². The lowest BCUT2D eigenvalue weighted by atomic mass is 10.1. The molecule has 0 aliphatic carbocycles. The number of carbonyl (C=O) groups excluding carboxylic acids is 1. The first kappa shape index (κ1) is 17.2. The van der Waals surface area contributed by atoms with E-state index in [4.69, 9.17) is 4.74 Å². The summed E-state index contributed by atoms with van der Waals surface area (Å²) in [4.78, 5) is 19.4. The van der Waals surface area contributed by atoms with E-state index in [0.29, 0.717) is 5.56 Å². The average Bonchev–Trinajstić information content (AvgIpc) is 3.05. The van der Waals surface area contributed by atoms with Crippen molar-refractivity contribution in [3.05, 3.63) is 48.0 Å². The summed E-state index contributed by atoms with van der Waals surface area (Å²) in [5, 5.41) is 0. The van der Waals surface area contributed by atoms with E-state index in [2.05, 4.69) is 16.9 Å². The zero-order valence-corrected chi connectivity index (χ0v) is 14.8. The zero-order valence-electron chi connectivity index (χ0n) is 14.8. The van der Waals surface area contributed by atoms with E-state index in [1.807, 2.05) is 42.5 Å². The fourth-order valence-electron chi connectivity index (χ4n) is 2.79. The molecule has 0 fully saturated rings. The molecule has 0 aliphatic rings. The van der Waals surface area contributed by atoms with E-state index >= 15 is 0 Å². The number of nitrogens with zero attached hydrogens (tertiary/aromatic N) is 1. The molecule has 4 nitrogen and oxygen atoms in total. The van der Waals surface area contributed by atoms with E-state index in [0.717, 1.165) is 41.2 Å². The first-order valence-electron chi connectivity index (χ1n) is 8.91. The number of rotatable bonds is 8. The molecule has 0 radical (unpaired) electrons. The molecule has 0 aliphatic heterocycles. The second kappa shape index (κ2) is 7.97. The summed E-state index contributed by atoms with van der Waals surface area (Å²) < 4.78 is 5.78. The van der Waals surface area contributed by atoms with Gasteiger partial charge in [0, 0.05) is 11.1 Å². The highest BCUT2D eigenvalue weighted by Gasteiger charge is 2.08. The number of benzene rings is 2. The normalized spacial score (nSPS) is 11.0. The van der Waals surface area contributed by atoms with Crippen LogP contribution in [0.15, 0.2) is 42.5 Å². The zero-order chi connectivity index (χ0) is 17.6. The van der Waals surface area contributed by atoms with Crippen LogP contribution >= 0.6 is 0 Å². The van der Waals surface area contributed by atoms with Crippen LogP contribution in [-0.4, -0.2) is 22.4 Å². The number of ether oxygens (including phenoxy) is 1. The molecule has 1 heterocycles. The second-order valence-corrected chi connectivity index (χ2v) is 6.31. The maximum atomic E-state index is 11.5. The molecule has 0 saturated carbocycles. The Kier molecular flexibility index (Phi) is 5.49. The van der Waals surface area contributed by atoms with Gasteiger partial charge in [-0.3, -0.25) is 4.79 Å². The molecule has 1 aromatic heterocycles. The summed E-state index contributed by atoms with van der Waals surface area (Å²) in [6.07, 6.45) is 4.81. The number of imidazole rings is 1. The lowest BCUT2D eigenvalue weighted by Gasteiger charge is -2.06. The van der Waals surface area contributed by atoms with Crippen LogP contribution in [0.3, 0.4) is 0 Å². The fourth-order valence-corrected chi connectivity index (χ4v) is 2.79. The molecular formula is C21H24N2O2. The lowest BCUT2D eigenvalue weighted by Crippen LogP contribution is -1.97. The number of H-pyrrole nitrogens is 1. The molecule has 3 aromatic rings. The molecule has 3 rings (SSSR count). The molecule has 25 heavy (non-hydrogen) atoms. The quantitative estimate of drug-likeness (QED) is 0.443. The van der Waals surface area contributed by atoms with Crippen molar-refractivity contribution in [3.8, 4) is 17.1 Å². The monoisotopic (exact) mass is 336 g/mol. The van der Waals surface area contributed by atoms with Crippen molar-refractivity contribution in [1.29, 1.82) is 0 Å².